The minimum Gasteiger partial charge on any atom is -0.383 e. The number of carbonyl (C=O) groups excluding carboxylic acids is 1. The van der Waals surface area contributed by atoms with E-state index < -0.39 is 0 Å². The van der Waals surface area contributed by atoms with E-state index in [0.29, 0.717) is 12.1 Å². The zero-order valence-electron chi connectivity index (χ0n) is 9.57. The second kappa shape index (κ2) is 4.54. The molecule has 0 fully saturated rings. The third kappa shape index (κ3) is 2.44. The minimum atomic E-state index is -0.248. The number of carbonyl (C=O) groups is 1. The normalized spacial score (nSPS) is 10.5. The standard InChI is InChI=1S/C10H13N5OS/c1-5-6(2)17-8(14-5)4-12-10(16)7-3-13-15-9(7)11/h3H,4H2,1-2H3,(H,12,16)(H3,11,13,15). The van der Waals surface area contributed by atoms with Gasteiger partial charge in [-0.1, -0.05) is 0 Å². The van der Waals surface area contributed by atoms with Crippen LogP contribution >= 0.6 is 11.3 Å². The highest BCUT2D eigenvalue weighted by molar-refractivity contribution is 7.11. The topological polar surface area (TPSA) is 96.7 Å². The molecule has 0 bridgehead atoms. The third-order valence-corrected chi connectivity index (χ3v) is 3.46. The van der Waals surface area contributed by atoms with Crippen molar-refractivity contribution in [3.8, 4) is 0 Å². The Morgan fingerprint density at radius 2 is 2.35 bits per heavy atom. The van der Waals surface area contributed by atoms with Crippen molar-refractivity contribution in [3.63, 3.8) is 0 Å². The Balaban J connectivity index is 1.99. The Kier molecular flexibility index (Phi) is 3.10. The molecule has 17 heavy (non-hydrogen) atoms. The molecule has 0 aromatic carbocycles. The first-order valence-corrected chi connectivity index (χ1v) is 5.89. The molecule has 0 unspecified atom stereocenters. The van der Waals surface area contributed by atoms with Gasteiger partial charge in [-0.25, -0.2) is 4.98 Å². The Morgan fingerprint density at radius 3 is 2.88 bits per heavy atom. The monoisotopic (exact) mass is 251 g/mol. The summed E-state index contributed by atoms with van der Waals surface area (Å²) in [6, 6.07) is 0. The van der Waals surface area contributed by atoms with Gasteiger partial charge < -0.3 is 11.1 Å². The number of H-pyrrole nitrogens is 1. The van der Waals surface area contributed by atoms with Crippen molar-refractivity contribution in [2.45, 2.75) is 20.4 Å². The minimum absolute atomic E-state index is 0.248. The second-order valence-electron chi connectivity index (χ2n) is 3.63. The maximum absolute atomic E-state index is 11.7. The molecule has 2 heterocycles. The van der Waals surface area contributed by atoms with Crippen LogP contribution < -0.4 is 11.1 Å². The maximum Gasteiger partial charge on any atom is 0.256 e. The predicted octanol–water partition coefficient (Wildman–Crippen LogP) is 0.995. The van der Waals surface area contributed by atoms with E-state index in [1.165, 1.54) is 6.20 Å². The number of aromatic amines is 1. The zero-order valence-corrected chi connectivity index (χ0v) is 10.4. The maximum atomic E-state index is 11.7. The molecule has 2 rings (SSSR count). The molecule has 4 N–H and O–H groups in total. The van der Waals surface area contributed by atoms with Crippen LogP contribution in [-0.2, 0) is 6.54 Å². The summed E-state index contributed by atoms with van der Waals surface area (Å²) in [7, 11) is 0. The molecule has 0 aliphatic rings. The van der Waals surface area contributed by atoms with Crippen LogP contribution in [0.5, 0.6) is 0 Å². The van der Waals surface area contributed by atoms with Crippen molar-refractivity contribution in [1.29, 1.82) is 0 Å². The molecule has 0 aliphatic heterocycles. The molecule has 90 valence electrons. The SMILES string of the molecule is Cc1nc(CNC(=O)c2cn[nH]c2N)sc1C. The van der Waals surface area contributed by atoms with E-state index in [-0.39, 0.29) is 11.7 Å². The van der Waals surface area contributed by atoms with E-state index in [4.69, 9.17) is 5.73 Å². The number of anilines is 1. The van der Waals surface area contributed by atoms with E-state index in [1.54, 1.807) is 11.3 Å². The Bertz CT molecular complexity index is 525. The molecule has 0 aliphatic carbocycles. The first-order chi connectivity index (χ1) is 8.08. The Labute approximate surface area is 102 Å². The number of hydrogen-bond donors (Lipinski definition) is 3. The van der Waals surface area contributed by atoms with Crippen LogP contribution in [0.4, 0.5) is 5.82 Å². The summed E-state index contributed by atoms with van der Waals surface area (Å²) in [5.41, 5.74) is 6.91. The van der Waals surface area contributed by atoms with Crippen LogP contribution in [0.1, 0.15) is 25.9 Å². The summed E-state index contributed by atoms with van der Waals surface area (Å²) in [5, 5.41) is 9.84. The fraction of sp³-hybridized carbons (Fsp3) is 0.300. The summed E-state index contributed by atoms with van der Waals surface area (Å²) >= 11 is 1.58. The summed E-state index contributed by atoms with van der Waals surface area (Å²) in [4.78, 5) is 17.2. The van der Waals surface area contributed by atoms with Crippen molar-refractivity contribution >= 4 is 23.1 Å². The number of hydrogen-bond acceptors (Lipinski definition) is 5. The number of aryl methyl sites for hydroxylation is 2. The van der Waals surface area contributed by atoms with Gasteiger partial charge in [0, 0.05) is 4.88 Å². The van der Waals surface area contributed by atoms with Crippen molar-refractivity contribution in [3.05, 3.63) is 27.3 Å². The number of aromatic nitrogens is 3. The van der Waals surface area contributed by atoms with Crippen LogP contribution in [0.15, 0.2) is 6.20 Å². The summed E-state index contributed by atoms with van der Waals surface area (Å²) in [6.45, 7) is 4.36. The number of nitrogens with zero attached hydrogens (tertiary/aromatic N) is 2. The number of amides is 1. The lowest BCUT2D eigenvalue weighted by Gasteiger charge is -2.01. The van der Waals surface area contributed by atoms with Crippen LogP contribution in [0.3, 0.4) is 0 Å². The van der Waals surface area contributed by atoms with E-state index in [1.807, 2.05) is 13.8 Å². The van der Waals surface area contributed by atoms with Crippen molar-refractivity contribution in [2.75, 3.05) is 5.73 Å². The lowest BCUT2D eigenvalue weighted by molar-refractivity contribution is 0.0952. The van der Waals surface area contributed by atoms with Crippen LogP contribution in [0, 0.1) is 13.8 Å². The largest absolute Gasteiger partial charge is 0.383 e. The molecule has 0 spiro atoms. The van der Waals surface area contributed by atoms with Gasteiger partial charge in [-0.2, -0.15) is 5.10 Å². The summed E-state index contributed by atoms with van der Waals surface area (Å²) in [6.07, 6.45) is 1.41. The van der Waals surface area contributed by atoms with E-state index in [9.17, 15) is 4.79 Å². The van der Waals surface area contributed by atoms with Crippen molar-refractivity contribution in [2.24, 2.45) is 0 Å². The molecule has 0 atom stereocenters. The molecule has 0 saturated carbocycles. The zero-order chi connectivity index (χ0) is 12.4. The van der Waals surface area contributed by atoms with Gasteiger partial charge in [-0.15, -0.1) is 11.3 Å². The average molecular weight is 251 g/mol. The molecule has 6 nitrogen and oxygen atoms in total. The highest BCUT2D eigenvalue weighted by Crippen LogP contribution is 2.16. The fourth-order valence-corrected chi connectivity index (χ4v) is 2.22. The van der Waals surface area contributed by atoms with Crippen LogP contribution in [0.25, 0.3) is 0 Å². The summed E-state index contributed by atoms with van der Waals surface area (Å²) < 4.78 is 0. The van der Waals surface area contributed by atoms with Crippen molar-refractivity contribution < 1.29 is 4.79 Å². The molecular formula is C10H13N5OS. The number of nitrogens with two attached hydrogens (primary N) is 1. The van der Waals surface area contributed by atoms with Gasteiger partial charge in [0.05, 0.1) is 18.4 Å². The van der Waals surface area contributed by atoms with Gasteiger partial charge >= 0.3 is 0 Å². The predicted molar refractivity (Wildman–Crippen MR) is 65.8 cm³/mol. The van der Waals surface area contributed by atoms with Crippen LogP contribution in [-0.4, -0.2) is 21.1 Å². The number of rotatable bonds is 3. The Morgan fingerprint density at radius 1 is 1.59 bits per heavy atom. The molecule has 2 aromatic rings. The molecule has 7 heteroatoms. The molecule has 0 radical (unpaired) electrons. The van der Waals surface area contributed by atoms with Crippen LogP contribution in [0.2, 0.25) is 0 Å². The van der Waals surface area contributed by atoms with Gasteiger partial charge in [-0.3, -0.25) is 9.89 Å². The smallest absolute Gasteiger partial charge is 0.256 e. The highest BCUT2D eigenvalue weighted by Gasteiger charge is 2.12. The number of nitrogens with one attached hydrogen (secondary N) is 2. The van der Waals surface area contributed by atoms with Gasteiger partial charge in [0.15, 0.2) is 0 Å². The number of nitrogen functional groups attached to an aromatic ring is 1. The average Bonchev–Trinajstić information content (AvgIpc) is 2.83. The molecule has 0 saturated heterocycles. The molecule has 2 aromatic heterocycles. The second-order valence-corrected chi connectivity index (χ2v) is 4.92. The lowest BCUT2D eigenvalue weighted by Crippen LogP contribution is -2.23. The van der Waals surface area contributed by atoms with Gasteiger partial charge in [-0.05, 0) is 13.8 Å². The quantitative estimate of drug-likeness (QED) is 0.758. The van der Waals surface area contributed by atoms with E-state index in [2.05, 4.69) is 20.5 Å². The van der Waals surface area contributed by atoms with Gasteiger partial charge in [0.25, 0.3) is 5.91 Å². The first-order valence-electron chi connectivity index (χ1n) is 5.08. The Hall–Kier alpha value is -1.89. The summed E-state index contributed by atoms with van der Waals surface area (Å²) in [5.74, 6) is 0.0238. The lowest BCUT2D eigenvalue weighted by atomic mass is 10.3. The fourth-order valence-electron chi connectivity index (χ4n) is 1.34. The first kappa shape index (κ1) is 11.6. The molecule has 1 amide bonds. The van der Waals surface area contributed by atoms with E-state index >= 15 is 0 Å². The van der Waals surface area contributed by atoms with Gasteiger partial charge in [0.1, 0.15) is 16.4 Å². The highest BCUT2D eigenvalue weighted by atomic mass is 32.1. The van der Waals surface area contributed by atoms with Gasteiger partial charge in [0.2, 0.25) is 0 Å². The van der Waals surface area contributed by atoms with Crippen molar-refractivity contribution in [1.82, 2.24) is 20.5 Å². The third-order valence-electron chi connectivity index (χ3n) is 2.39. The molecular weight excluding hydrogens is 238 g/mol. The van der Waals surface area contributed by atoms with E-state index in [0.717, 1.165) is 15.6 Å². The number of thiazole rings is 1.